The molecule has 0 spiro atoms. The molecule has 0 amide bonds. The van der Waals surface area contributed by atoms with Gasteiger partial charge >= 0.3 is 0 Å². The molecule has 2 aromatic rings. The lowest BCUT2D eigenvalue weighted by molar-refractivity contribution is 0.0823. The second-order valence-electron chi connectivity index (χ2n) is 5.84. The Labute approximate surface area is 135 Å². The van der Waals surface area contributed by atoms with Crippen LogP contribution in [0.1, 0.15) is 23.9 Å². The van der Waals surface area contributed by atoms with Crippen LogP contribution in [0.15, 0.2) is 23.6 Å². The molecule has 0 radical (unpaired) electrons. The third-order valence-electron chi connectivity index (χ3n) is 4.17. The normalized spacial score (nSPS) is 21.9. The van der Waals surface area contributed by atoms with Crippen molar-refractivity contribution in [2.24, 2.45) is 20.0 Å². The molecule has 2 atom stereocenters. The lowest BCUT2D eigenvalue weighted by Gasteiger charge is -2.19. The number of rotatable bonds is 5. The lowest BCUT2D eigenvalue weighted by atomic mass is 10.0. The van der Waals surface area contributed by atoms with Gasteiger partial charge in [-0.2, -0.15) is 5.10 Å². The van der Waals surface area contributed by atoms with E-state index in [9.17, 15) is 8.42 Å². The van der Waals surface area contributed by atoms with Gasteiger partial charge < -0.3 is 9.30 Å². The molecule has 126 valence electrons. The van der Waals surface area contributed by atoms with E-state index in [2.05, 4.69) is 14.8 Å². The Bertz CT molecular complexity index is 776. The second kappa shape index (κ2) is 6.06. The molecular weight excluding hydrogens is 318 g/mol. The summed E-state index contributed by atoms with van der Waals surface area (Å²) in [6.07, 6.45) is 5.73. The first-order valence-electron chi connectivity index (χ1n) is 7.47. The standard InChI is InChI=1S/C14H21N5O3S/c1-10-8-16-19(3)14(10)23(20,21)17-9-11-4-7-22-12(11)13-15-5-6-18(13)2/h5-6,8,11-12,17H,4,7,9H2,1-3H3/t11-,12+/m0/s1. The smallest absolute Gasteiger partial charge is 0.257 e. The van der Waals surface area contributed by atoms with Crippen molar-refractivity contribution in [1.29, 1.82) is 0 Å². The van der Waals surface area contributed by atoms with Crippen LogP contribution in [0, 0.1) is 12.8 Å². The predicted octanol–water partition coefficient (Wildman–Crippen LogP) is 0.518. The highest BCUT2D eigenvalue weighted by Gasteiger charge is 2.34. The van der Waals surface area contributed by atoms with Gasteiger partial charge in [-0.25, -0.2) is 18.1 Å². The van der Waals surface area contributed by atoms with Crippen LogP contribution in [0.2, 0.25) is 0 Å². The molecule has 3 heterocycles. The molecule has 1 N–H and O–H groups in total. The molecule has 0 aromatic carbocycles. The Morgan fingerprint density at radius 2 is 2.22 bits per heavy atom. The highest BCUT2D eigenvalue weighted by molar-refractivity contribution is 7.89. The van der Waals surface area contributed by atoms with Crippen LogP contribution in [0.25, 0.3) is 0 Å². The number of aromatic nitrogens is 4. The number of nitrogens with zero attached hydrogens (tertiary/aromatic N) is 4. The van der Waals surface area contributed by atoms with Gasteiger partial charge in [-0.05, 0) is 13.3 Å². The minimum Gasteiger partial charge on any atom is -0.370 e. The Morgan fingerprint density at radius 1 is 1.43 bits per heavy atom. The SMILES string of the molecule is Cc1cnn(C)c1S(=O)(=O)NC[C@@H]1CCO[C@H]1c1nccn1C. The summed E-state index contributed by atoms with van der Waals surface area (Å²) in [6, 6.07) is 0. The van der Waals surface area contributed by atoms with E-state index in [1.807, 2.05) is 17.8 Å². The first kappa shape index (κ1) is 16.2. The summed E-state index contributed by atoms with van der Waals surface area (Å²) in [7, 11) is -0.0715. The van der Waals surface area contributed by atoms with Crippen molar-refractivity contribution < 1.29 is 13.2 Å². The topological polar surface area (TPSA) is 91.0 Å². The first-order chi connectivity index (χ1) is 10.9. The molecule has 0 unspecified atom stereocenters. The van der Waals surface area contributed by atoms with Gasteiger partial charge in [-0.3, -0.25) is 4.68 Å². The van der Waals surface area contributed by atoms with Crippen molar-refractivity contribution in [3.8, 4) is 0 Å². The zero-order valence-electron chi connectivity index (χ0n) is 13.4. The summed E-state index contributed by atoms with van der Waals surface area (Å²) >= 11 is 0. The van der Waals surface area contributed by atoms with Gasteiger partial charge in [-0.15, -0.1) is 0 Å². The van der Waals surface area contributed by atoms with E-state index in [-0.39, 0.29) is 17.0 Å². The fourth-order valence-corrected chi connectivity index (χ4v) is 4.43. The highest BCUT2D eigenvalue weighted by Crippen LogP contribution is 2.33. The molecule has 1 fully saturated rings. The number of nitrogens with one attached hydrogen (secondary N) is 1. The summed E-state index contributed by atoms with van der Waals surface area (Å²) in [6.45, 7) is 2.65. The monoisotopic (exact) mass is 339 g/mol. The fourth-order valence-electron chi connectivity index (χ4n) is 2.99. The van der Waals surface area contributed by atoms with Gasteiger partial charge in [0.25, 0.3) is 10.0 Å². The molecule has 9 heteroatoms. The number of imidazole rings is 1. The summed E-state index contributed by atoms with van der Waals surface area (Å²) in [5, 5.41) is 4.19. The van der Waals surface area contributed by atoms with Crippen molar-refractivity contribution >= 4 is 10.0 Å². The van der Waals surface area contributed by atoms with Gasteiger partial charge in [0.1, 0.15) is 11.9 Å². The molecule has 1 aliphatic heterocycles. The van der Waals surface area contributed by atoms with Crippen molar-refractivity contribution in [3.63, 3.8) is 0 Å². The minimum atomic E-state index is -3.60. The van der Waals surface area contributed by atoms with E-state index in [0.29, 0.717) is 18.7 Å². The molecule has 2 aromatic heterocycles. The molecule has 1 aliphatic rings. The molecule has 1 saturated heterocycles. The van der Waals surface area contributed by atoms with E-state index in [0.717, 1.165) is 12.2 Å². The molecular formula is C14H21N5O3S. The van der Waals surface area contributed by atoms with Crippen LogP contribution >= 0.6 is 0 Å². The first-order valence-corrected chi connectivity index (χ1v) is 8.95. The summed E-state index contributed by atoms with van der Waals surface area (Å²) < 4.78 is 36.8. The van der Waals surface area contributed by atoms with Crippen LogP contribution in [0.4, 0.5) is 0 Å². The molecule has 8 nitrogen and oxygen atoms in total. The van der Waals surface area contributed by atoms with Gasteiger partial charge in [0, 0.05) is 51.1 Å². The van der Waals surface area contributed by atoms with Crippen LogP contribution in [0.5, 0.6) is 0 Å². The van der Waals surface area contributed by atoms with Crippen molar-refractivity contribution in [2.75, 3.05) is 13.2 Å². The zero-order valence-corrected chi connectivity index (χ0v) is 14.2. The third kappa shape index (κ3) is 3.04. The number of sulfonamides is 1. The highest BCUT2D eigenvalue weighted by atomic mass is 32.2. The summed E-state index contributed by atoms with van der Waals surface area (Å²) in [5.74, 6) is 0.878. The van der Waals surface area contributed by atoms with E-state index in [1.165, 1.54) is 4.68 Å². The van der Waals surface area contributed by atoms with Crippen molar-refractivity contribution in [3.05, 3.63) is 30.0 Å². The summed E-state index contributed by atoms with van der Waals surface area (Å²) in [4.78, 5) is 4.32. The maximum absolute atomic E-state index is 12.5. The molecule has 0 bridgehead atoms. The minimum absolute atomic E-state index is 0.0550. The Kier molecular flexibility index (Phi) is 4.26. The van der Waals surface area contributed by atoms with Crippen molar-refractivity contribution in [1.82, 2.24) is 24.1 Å². The van der Waals surface area contributed by atoms with Gasteiger partial charge in [0.05, 0.1) is 6.20 Å². The molecule has 0 aliphatic carbocycles. The third-order valence-corrected chi connectivity index (χ3v) is 5.82. The van der Waals surface area contributed by atoms with E-state index < -0.39 is 10.0 Å². The maximum Gasteiger partial charge on any atom is 0.257 e. The van der Waals surface area contributed by atoms with Crippen LogP contribution in [-0.2, 0) is 28.9 Å². The molecule has 23 heavy (non-hydrogen) atoms. The Balaban J connectivity index is 1.74. The van der Waals surface area contributed by atoms with E-state index in [4.69, 9.17) is 4.74 Å². The molecule has 0 saturated carbocycles. The Hall–Kier alpha value is -1.71. The molecule has 3 rings (SSSR count). The maximum atomic E-state index is 12.5. The number of ether oxygens (including phenoxy) is 1. The average molecular weight is 339 g/mol. The van der Waals surface area contributed by atoms with Crippen molar-refractivity contribution in [2.45, 2.75) is 24.5 Å². The quantitative estimate of drug-likeness (QED) is 0.857. The van der Waals surface area contributed by atoms with Crippen LogP contribution in [-0.4, -0.2) is 40.9 Å². The summed E-state index contributed by atoms with van der Waals surface area (Å²) in [5.41, 5.74) is 0.628. The number of hydrogen-bond acceptors (Lipinski definition) is 5. The largest absolute Gasteiger partial charge is 0.370 e. The predicted molar refractivity (Wildman–Crippen MR) is 83.1 cm³/mol. The van der Waals surface area contributed by atoms with Crippen LogP contribution < -0.4 is 4.72 Å². The fraction of sp³-hybridized carbons (Fsp3) is 0.571. The van der Waals surface area contributed by atoms with Gasteiger partial charge in [-0.1, -0.05) is 0 Å². The number of hydrogen-bond donors (Lipinski definition) is 1. The van der Waals surface area contributed by atoms with E-state index >= 15 is 0 Å². The van der Waals surface area contributed by atoms with Crippen LogP contribution in [0.3, 0.4) is 0 Å². The average Bonchev–Trinajstić information content (AvgIpc) is 3.17. The zero-order chi connectivity index (χ0) is 16.6. The number of aryl methyl sites for hydroxylation is 3. The second-order valence-corrected chi connectivity index (χ2v) is 7.53. The van der Waals surface area contributed by atoms with E-state index in [1.54, 1.807) is 26.4 Å². The lowest BCUT2D eigenvalue weighted by Crippen LogP contribution is -2.32. The van der Waals surface area contributed by atoms with Gasteiger partial charge in [0.15, 0.2) is 5.03 Å². The Morgan fingerprint density at radius 3 is 2.83 bits per heavy atom. The van der Waals surface area contributed by atoms with Gasteiger partial charge in [0.2, 0.25) is 0 Å².